The van der Waals surface area contributed by atoms with E-state index in [1.54, 1.807) is 0 Å². The molecule has 2 N–H and O–H groups in total. The number of hydrogen-bond donors (Lipinski definition) is 2. The Balaban J connectivity index is 2.01. The van der Waals surface area contributed by atoms with Crippen molar-refractivity contribution in [2.75, 3.05) is 26.2 Å². The van der Waals surface area contributed by atoms with Crippen molar-refractivity contribution in [2.45, 2.75) is 32.2 Å². The number of aromatic amines is 1. The second-order valence-corrected chi connectivity index (χ2v) is 4.57. The number of nitrogens with one attached hydrogen (secondary N) is 2. The second kappa shape index (κ2) is 6.06. The van der Waals surface area contributed by atoms with Gasteiger partial charge in [-0.25, -0.2) is 0 Å². The van der Waals surface area contributed by atoms with Crippen LogP contribution in [0.15, 0.2) is 18.3 Å². The first-order valence-corrected chi connectivity index (χ1v) is 6.50. The van der Waals surface area contributed by atoms with Gasteiger partial charge < -0.3 is 10.3 Å². The van der Waals surface area contributed by atoms with Gasteiger partial charge in [0.2, 0.25) is 0 Å². The van der Waals surface area contributed by atoms with Gasteiger partial charge in [0.05, 0.1) is 0 Å². The number of aromatic nitrogens is 1. The van der Waals surface area contributed by atoms with Gasteiger partial charge in [0, 0.05) is 44.1 Å². The molecule has 0 saturated carbocycles. The summed E-state index contributed by atoms with van der Waals surface area (Å²) in [6.07, 6.45) is 5.91. The lowest BCUT2D eigenvalue weighted by Crippen LogP contribution is -2.45. The molecule has 0 amide bonds. The maximum absolute atomic E-state index is 3.42. The Hall–Kier alpha value is -0.800. The molecule has 0 aromatic carbocycles. The van der Waals surface area contributed by atoms with Gasteiger partial charge in [-0.3, -0.25) is 4.90 Å². The summed E-state index contributed by atoms with van der Waals surface area (Å²) >= 11 is 0. The molecule has 90 valence electrons. The first kappa shape index (κ1) is 11.7. The van der Waals surface area contributed by atoms with E-state index in [1.807, 2.05) is 6.20 Å². The lowest BCUT2D eigenvalue weighted by atomic mass is 10.0. The van der Waals surface area contributed by atoms with Crippen LogP contribution in [0.25, 0.3) is 0 Å². The van der Waals surface area contributed by atoms with Crippen LogP contribution in [0.3, 0.4) is 0 Å². The summed E-state index contributed by atoms with van der Waals surface area (Å²) in [6, 6.07) is 4.93. The third-order valence-electron chi connectivity index (χ3n) is 3.40. The van der Waals surface area contributed by atoms with E-state index in [9.17, 15) is 0 Å². The van der Waals surface area contributed by atoms with Crippen LogP contribution in [0.2, 0.25) is 0 Å². The summed E-state index contributed by atoms with van der Waals surface area (Å²) in [5.41, 5.74) is 1.38. The molecule has 1 saturated heterocycles. The molecule has 0 spiro atoms. The zero-order valence-corrected chi connectivity index (χ0v) is 10.2. The molecule has 1 aliphatic heterocycles. The highest BCUT2D eigenvalue weighted by Crippen LogP contribution is 2.25. The summed E-state index contributed by atoms with van der Waals surface area (Å²) in [5, 5.41) is 3.42. The van der Waals surface area contributed by atoms with Gasteiger partial charge in [-0.2, -0.15) is 0 Å². The fourth-order valence-electron chi connectivity index (χ4n) is 2.48. The predicted molar refractivity (Wildman–Crippen MR) is 67.5 cm³/mol. The topological polar surface area (TPSA) is 31.1 Å². The molecule has 3 nitrogen and oxygen atoms in total. The zero-order valence-electron chi connectivity index (χ0n) is 10.2. The molecule has 1 fully saturated rings. The molecule has 1 aromatic heterocycles. The first-order valence-electron chi connectivity index (χ1n) is 6.50. The van der Waals surface area contributed by atoms with E-state index in [0.717, 1.165) is 13.1 Å². The Labute approximate surface area is 98.2 Å². The van der Waals surface area contributed by atoms with Crippen molar-refractivity contribution in [1.82, 2.24) is 15.2 Å². The van der Waals surface area contributed by atoms with Crippen LogP contribution in [-0.2, 0) is 0 Å². The molecule has 1 atom stereocenters. The van der Waals surface area contributed by atoms with Crippen molar-refractivity contribution in [3.05, 3.63) is 24.0 Å². The highest BCUT2D eigenvalue weighted by molar-refractivity contribution is 5.09. The van der Waals surface area contributed by atoms with Crippen molar-refractivity contribution in [3.63, 3.8) is 0 Å². The maximum Gasteiger partial charge on any atom is 0.0499 e. The van der Waals surface area contributed by atoms with Crippen LogP contribution >= 0.6 is 0 Å². The Morgan fingerprint density at radius 3 is 2.81 bits per heavy atom. The molecule has 0 radical (unpaired) electrons. The van der Waals surface area contributed by atoms with Crippen LogP contribution in [0.1, 0.15) is 37.9 Å². The van der Waals surface area contributed by atoms with E-state index < -0.39 is 0 Å². The Morgan fingerprint density at radius 1 is 1.38 bits per heavy atom. The largest absolute Gasteiger partial charge is 0.364 e. The quantitative estimate of drug-likeness (QED) is 0.798. The SMILES string of the molecule is CCCC[C@H](c1ccc[nH]1)N1CCNCC1. The third-order valence-corrected chi connectivity index (χ3v) is 3.40. The van der Waals surface area contributed by atoms with Gasteiger partial charge in [0.15, 0.2) is 0 Å². The Bertz CT molecular complexity index is 275. The van der Waals surface area contributed by atoms with Crippen LogP contribution in [0.4, 0.5) is 0 Å². The lowest BCUT2D eigenvalue weighted by molar-refractivity contribution is 0.160. The van der Waals surface area contributed by atoms with Crippen LogP contribution in [-0.4, -0.2) is 36.1 Å². The fraction of sp³-hybridized carbons (Fsp3) is 0.692. The molecule has 0 bridgehead atoms. The normalized spacial score (nSPS) is 19.8. The minimum atomic E-state index is 0.594. The van der Waals surface area contributed by atoms with E-state index in [-0.39, 0.29) is 0 Å². The summed E-state index contributed by atoms with van der Waals surface area (Å²) in [6.45, 7) is 6.87. The van der Waals surface area contributed by atoms with Crippen LogP contribution in [0, 0.1) is 0 Å². The molecular formula is C13H23N3. The molecule has 0 unspecified atom stereocenters. The molecule has 1 aromatic rings. The van der Waals surface area contributed by atoms with E-state index in [4.69, 9.17) is 0 Å². The Kier molecular flexibility index (Phi) is 4.43. The first-order chi connectivity index (χ1) is 7.92. The number of piperazine rings is 1. The van der Waals surface area contributed by atoms with Gasteiger partial charge in [-0.05, 0) is 18.6 Å². The smallest absolute Gasteiger partial charge is 0.0499 e. The Morgan fingerprint density at radius 2 is 2.19 bits per heavy atom. The summed E-state index contributed by atoms with van der Waals surface area (Å²) in [4.78, 5) is 5.99. The van der Waals surface area contributed by atoms with Gasteiger partial charge in [0.1, 0.15) is 0 Å². The van der Waals surface area contributed by atoms with Gasteiger partial charge in [-0.15, -0.1) is 0 Å². The second-order valence-electron chi connectivity index (χ2n) is 4.57. The predicted octanol–water partition coefficient (Wildman–Crippen LogP) is 2.15. The van der Waals surface area contributed by atoms with Crippen molar-refractivity contribution in [1.29, 1.82) is 0 Å². The highest BCUT2D eigenvalue weighted by atomic mass is 15.2. The number of unbranched alkanes of at least 4 members (excludes halogenated alkanes) is 1. The molecule has 3 heteroatoms. The highest BCUT2D eigenvalue weighted by Gasteiger charge is 2.21. The molecule has 2 heterocycles. The summed E-state index contributed by atoms with van der Waals surface area (Å²) in [7, 11) is 0. The van der Waals surface area contributed by atoms with E-state index in [2.05, 4.69) is 34.3 Å². The minimum Gasteiger partial charge on any atom is -0.364 e. The summed E-state index contributed by atoms with van der Waals surface area (Å²) < 4.78 is 0. The van der Waals surface area contributed by atoms with E-state index in [0.29, 0.717) is 6.04 Å². The molecule has 16 heavy (non-hydrogen) atoms. The van der Waals surface area contributed by atoms with Crippen LogP contribution < -0.4 is 5.32 Å². The van der Waals surface area contributed by atoms with Crippen LogP contribution in [0.5, 0.6) is 0 Å². The average Bonchev–Trinajstić information content (AvgIpc) is 2.85. The lowest BCUT2D eigenvalue weighted by Gasteiger charge is -2.34. The number of nitrogens with zero attached hydrogens (tertiary/aromatic N) is 1. The standard InChI is InChI=1S/C13H23N3/c1-2-3-6-13(12-5-4-7-15-12)16-10-8-14-9-11-16/h4-5,7,13-15H,2-3,6,8-11H2,1H3/t13-/m1/s1. The van der Waals surface area contributed by atoms with Crippen molar-refractivity contribution in [2.24, 2.45) is 0 Å². The molecule has 2 rings (SSSR count). The van der Waals surface area contributed by atoms with Crippen molar-refractivity contribution >= 4 is 0 Å². The average molecular weight is 221 g/mol. The monoisotopic (exact) mass is 221 g/mol. The zero-order chi connectivity index (χ0) is 11.2. The van der Waals surface area contributed by atoms with E-state index in [1.165, 1.54) is 38.0 Å². The fourth-order valence-corrected chi connectivity index (χ4v) is 2.48. The van der Waals surface area contributed by atoms with Crippen molar-refractivity contribution < 1.29 is 0 Å². The molecular weight excluding hydrogens is 198 g/mol. The van der Waals surface area contributed by atoms with E-state index >= 15 is 0 Å². The van der Waals surface area contributed by atoms with Gasteiger partial charge in [-0.1, -0.05) is 19.8 Å². The number of rotatable bonds is 5. The molecule has 0 aliphatic carbocycles. The molecule has 1 aliphatic rings. The minimum absolute atomic E-state index is 0.594. The number of hydrogen-bond acceptors (Lipinski definition) is 2. The van der Waals surface area contributed by atoms with Crippen molar-refractivity contribution in [3.8, 4) is 0 Å². The third kappa shape index (κ3) is 2.86. The number of H-pyrrole nitrogens is 1. The summed E-state index contributed by atoms with van der Waals surface area (Å²) in [5.74, 6) is 0. The maximum atomic E-state index is 3.42. The van der Waals surface area contributed by atoms with Gasteiger partial charge in [0.25, 0.3) is 0 Å². The van der Waals surface area contributed by atoms with Gasteiger partial charge >= 0.3 is 0 Å².